The Kier molecular flexibility index (Phi) is 6.83. The highest BCUT2D eigenvalue weighted by molar-refractivity contribution is 5.81. The average molecular weight is 342 g/mol. The highest BCUT2D eigenvalue weighted by Gasteiger charge is 2.18. The summed E-state index contributed by atoms with van der Waals surface area (Å²) in [4.78, 5) is 14.4. The van der Waals surface area contributed by atoms with E-state index in [0.29, 0.717) is 18.0 Å². The molecule has 0 aliphatic heterocycles. The predicted octanol–water partition coefficient (Wildman–Crippen LogP) is 2.84. The number of nitrogens with zero attached hydrogens (tertiary/aromatic N) is 1. The summed E-state index contributed by atoms with van der Waals surface area (Å²) in [5, 5.41) is 2.98. The van der Waals surface area contributed by atoms with Crippen LogP contribution in [0.2, 0.25) is 0 Å². The number of likely N-dealkylation sites (N-methyl/N-ethyl adjacent to an activating group) is 1. The molecule has 0 aliphatic carbocycles. The maximum Gasteiger partial charge on any atom is 0.237 e. The Morgan fingerprint density at radius 1 is 1.04 bits per heavy atom. The summed E-state index contributed by atoms with van der Waals surface area (Å²) < 4.78 is 10.5. The third-order valence-electron chi connectivity index (χ3n) is 4.23. The summed E-state index contributed by atoms with van der Waals surface area (Å²) in [6, 6.07) is 15.5. The van der Waals surface area contributed by atoms with Gasteiger partial charge in [0.1, 0.15) is 0 Å². The summed E-state index contributed by atoms with van der Waals surface area (Å²) in [7, 11) is 5.15. The number of ether oxygens (including phenoxy) is 2. The summed E-state index contributed by atoms with van der Waals surface area (Å²) >= 11 is 0. The number of methoxy groups -OCH3 is 2. The third-order valence-corrected chi connectivity index (χ3v) is 4.23. The van der Waals surface area contributed by atoms with E-state index in [0.717, 1.165) is 12.1 Å². The molecule has 0 aromatic heterocycles. The van der Waals surface area contributed by atoms with Crippen LogP contribution >= 0.6 is 0 Å². The number of carbonyl (C=O) groups is 1. The molecule has 0 heterocycles. The quantitative estimate of drug-likeness (QED) is 0.801. The lowest BCUT2D eigenvalue weighted by atomic mass is 10.1. The molecule has 0 fully saturated rings. The van der Waals surface area contributed by atoms with E-state index in [4.69, 9.17) is 9.47 Å². The molecule has 0 saturated carbocycles. The molecule has 1 amide bonds. The maximum atomic E-state index is 12.4. The molecule has 134 valence electrons. The molecule has 0 spiro atoms. The first-order valence-corrected chi connectivity index (χ1v) is 8.28. The van der Waals surface area contributed by atoms with Gasteiger partial charge in [-0.3, -0.25) is 9.69 Å². The minimum atomic E-state index is -0.222. The molecule has 2 aromatic rings. The van der Waals surface area contributed by atoms with Crippen LogP contribution in [0.3, 0.4) is 0 Å². The number of hydrogen-bond acceptors (Lipinski definition) is 4. The van der Waals surface area contributed by atoms with Crippen LogP contribution < -0.4 is 14.8 Å². The average Bonchev–Trinajstić information content (AvgIpc) is 2.65. The molecule has 2 rings (SSSR count). The first-order valence-electron chi connectivity index (χ1n) is 8.28. The van der Waals surface area contributed by atoms with E-state index in [1.807, 2.05) is 55.3 Å². The fourth-order valence-corrected chi connectivity index (χ4v) is 2.54. The number of carbonyl (C=O) groups excluding carboxylic acids is 1. The minimum Gasteiger partial charge on any atom is -0.493 e. The molecule has 5 heteroatoms. The van der Waals surface area contributed by atoms with E-state index in [2.05, 4.69) is 17.4 Å². The summed E-state index contributed by atoms with van der Waals surface area (Å²) in [5.41, 5.74) is 2.15. The lowest BCUT2D eigenvalue weighted by Crippen LogP contribution is -2.42. The normalized spacial score (nSPS) is 11.9. The second-order valence-corrected chi connectivity index (χ2v) is 5.98. The van der Waals surface area contributed by atoms with E-state index in [9.17, 15) is 4.79 Å². The number of benzene rings is 2. The maximum absolute atomic E-state index is 12.4. The largest absolute Gasteiger partial charge is 0.493 e. The first kappa shape index (κ1) is 18.8. The highest BCUT2D eigenvalue weighted by atomic mass is 16.5. The van der Waals surface area contributed by atoms with Crippen molar-refractivity contribution in [2.45, 2.75) is 26.1 Å². The van der Waals surface area contributed by atoms with Crippen LogP contribution in [0.25, 0.3) is 0 Å². The topological polar surface area (TPSA) is 50.8 Å². The van der Waals surface area contributed by atoms with Gasteiger partial charge in [0.2, 0.25) is 5.91 Å². The molecule has 0 unspecified atom stereocenters. The Hall–Kier alpha value is -2.53. The molecule has 25 heavy (non-hydrogen) atoms. The summed E-state index contributed by atoms with van der Waals surface area (Å²) in [6.45, 7) is 3.08. The van der Waals surface area contributed by atoms with Crippen molar-refractivity contribution in [3.63, 3.8) is 0 Å². The fraction of sp³-hybridized carbons (Fsp3) is 0.350. The van der Waals surface area contributed by atoms with Crippen molar-refractivity contribution >= 4 is 5.91 Å². The summed E-state index contributed by atoms with van der Waals surface area (Å²) in [5.74, 6) is 1.32. The second kappa shape index (κ2) is 9.08. The molecule has 1 N–H and O–H groups in total. The zero-order valence-electron chi connectivity index (χ0n) is 15.3. The lowest BCUT2D eigenvalue weighted by Gasteiger charge is -2.24. The fourth-order valence-electron chi connectivity index (χ4n) is 2.54. The molecule has 0 aliphatic rings. The summed E-state index contributed by atoms with van der Waals surface area (Å²) in [6.07, 6.45) is 0. The highest BCUT2D eigenvalue weighted by Crippen LogP contribution is 2.27. The lowest BCUT2D eigenvalue weighted by molar-refractivity contribution is -0.125. The monoisotopic (exact) mass is 342 g/mol. The zero-order valence-corrected chi connectivity index (χ0v) is 15.3. The number of amides is 1. The Morgan fingerprint density at radius 2 is 1.72 bits per heavy atom. The molecule has 0 radical (unpaired) electrons. The van der Waals surface area contributed by atoms with Gasteiger partial charge < -0.3 is 14.8 Å². The van der Waals surface area contributed by atoms with Crippen molar-refractivity contribution in [1.29, 1.82) is 0 Å². The van der Waals surface area contributed by atoms with Crippen LogP contribution in [0.15, 0.2) is 48.5 Å². The van der Waals surface area contributed by atoms with Gasteiger partial charge in [-0.2, -0.15) is 0 Å². The van der Waals surface area contributed by atoms with Crippen molar-refractivity contribution < 1.29 is 14.3 Å². The third kappa shape index (κ3) is 5.22. The Balaban J connectivity index is 1.90. The van der Waals surface area contributed by atoms with E-state index < -0.39 is 0 Å². The SMILES string of the molecule is COc1ccc(CNC(=O)[C@H](C)N(C)Cc2ccccc2)cc1OC. The molecule has 0 bridgehead atoms. The number of rotatable bonds is 8. The molecular weight excluding hydrogens is 316 g/mol. The van der Waals surface area contributed by atoms with Crippen molar-refractivity contribution in [3.8, 4) is 11.5 Å². The van der Waals surface area contributed by atoms with Gasteiger partial charge in [-0.15, -0.1) is 0 Å². The molecule has 0 saturated heterocycles. The Morgan fingerprint density at radius 3 is 2.36 bits per heavy atom. The van der Waals surface area contributed by atoms with Crippen molar-refractivity contribution in [3.05, 3.63) is 59.7 Å². The van der Waals surface area contributed by atoms with E-state index >= 15 is 0 Å². The second-order valence-electron chi connectivity index (χ2n) is 5.98. The van der Waals surface area contributed by atoms with E-state index in [-0.39, 0.29) is 11.9 Å². The van der Waals surface area contributed by atoms with Crippen LogP contribution in [-0.4, -0.2) is 38.1 Å². The standard InChI is InChI=1S/C20H26N2O3/c1-15(22(2)14-16-8-6-5-7-9-16)20(23)21-13-17-10-11-18(24-3)19(12-17)25-4/h5-12,15H,13-14H2,1-4H3,(H,21,23)/t15-/m0/s1. The van der Waals surface area contributed by atoms with Crippen molar-refractivity contribution in [2.75, 3.05) is 21.3 Å². The number of hydrogen-bond donors (Lipinski definition) is 1. The molecule has 5 nitrogen and oxygen atoms in total. The van der Waals surface area contributed by atoms with Gasteiger partial charge in [-0.25, -0.2) is 0 Å². The van der Waals surface area contributed by atoms with E-state index in [1.54, 1.807) is 14.2 Å². The van der Waals surface area contributed by atoms with Gasteiger partial charge in [0.25, 0.3) is 0 Å². The molecule has 2 aromatic carbocycles. The van der Waals surface area contributed by atoms with Crippen LogP contribution in [0.5, 0.6) is 11.5 Å². The van der Waals surface area contributed by atoms with Gasteiger partial charge in [0, 0.05) is 13.1 Å². The van der Waals surface area contributed by atoms with Crippen LogP contribution in [0, 0.1) is 0 Å². The van der Waals surface area contributed by atoms with Crippen molar-refractivity contribution in [2.24, 2.45) is 0 Å². The van der Waals surface area contributed by atoms with Crippen LogP contribution in [0.1, 0.15) is 18.1 Å². The molecular formula is C20H26N2O3. The smallest absolute Gasteiger partial charge is 0.237 e. The van der Waals surface area contributed by atoms with Gasteiger partial charge in [-0.1, -0.05) is 36.4 Å². The first-order chi connectivity index (χ1) is 12.0. The van der Waals surface area contributed by atoms with Gasteiger partial charge >= 0.3 is 0 Å². The van der Waals surface area contributed by atoms with Crippen LogP contribution in [0.4, 0.5) is 0 Å². The molecule has 1 atom stereocenters. The zero-order chi connectivity index (χ0) is 18.2. The van der Waals surface area contributed by atoms with Crippen molar-refractivity contribution in [1.82, 2.24) is 10.2 Å². The minimum absolute atomic E-state index is 0.00628. The van der Waals surface area contributed by atoms with Crippen LogP contribution in [-0.2, 0) is 17.9 Å². The predicted molar refractivity (Wildman–Crippen MR) is 98.8 cm³/mol. The Labute approximate surface area is 149 Å². The number of nitrogens with one attached hydrogen (secondary N) is 1. The Bertz CT molecular complexity index is 689. The van der Waals surface area contributed by atoms with Gasteiger partial charge in [-0.05, 0) is 37.2 Å². The van der Waals surface area contributed by atoms with Gasteiger partial charge in [0.05, 0.1) is 20.3 Å². The van der Waals surface area contributed by atoms with Gasteiger partial charge in [0.15, 0.2) is 11.5 Å². The van der Waals surface area contributed by atoms with E-state index in [1.165, 1.54) is 5.56 Å².